The summed E-state index contributed by atoms with van der Waals surface area (Å²) in [4.78, 5) is 28.6. The van der Waals surface area contributed by atoms with Crippen LogP contribution < -0.4 is 0 Å². The molecule has 3 rings (SSSR count). The zero-order valence-corrected chi connectivity index (χ0v) is 15.6. The van der Waals surface area contributed by atoms with E-state index in [2.05, 4.69) is 0 Å². The number of hydrogen-bond acceptors (Lipinski definition) is 3. The first-order valence-corrected chi connectivity index (χ1v) is 9.26. The predicted molar refractivity (Wildman–Crippen MR) is 96.4 cm³/mol. The largest absolute Gasteiger partial charge is 0.383 e. The van der Waals surface area contributed by atoms with Crippen LogP contribution in [-0.4, -0.2) is 61.5 Å². The van der Waals surface area contributed by atoms with Gasteiger partial charge in [-0.1, -0.05) is 6.07 Å². The Bertz CT molecular complexity index is 684. The molecule has 2 aliphatic heterocycles. The molecule has 0 saturated carbocycles. The normalized spacial score (nSPS) is 19.9. The summed E-state index contributed by atoms with van der Waals surface area (Å²) in [5.74, 6) is -0.284. The van der Waals surface area contributed by atoms with Gasteiger partial charge < -0.3 is 14.5 Å². The first-order chi connectivity index (χ1) is 12.4. The van der Waals surface area contributed by atoms with Gasteiger partial charge >= 0.3 is 0 Å². The van der Waals surface area contributed by atoms with Crippen molar-refractivity contribution in [2.75, 3.05) is 39.9 Å². The molecule has 1 spiro atoms. The molecule has 0 N–H and O–H groups in total. The fourth-order valence-corrected chi connectivity index (χ4v) is 4.09. The molecule has 0 atom stereocenters. The zero-order chi connectivity index (χ0) is 18.7. The Labute approximate surface area is 154 Å². The molecule has 2 amide bonds. The lowest BCUT2D eigenvalue weighted by Gasteiger charge is -2.47. The van der Waals surface area contributed by atoms with E-state index in [0.717, 1.165) is 31.4 Å². The van der Waals surface area contributed by atoms with Crippen LogP contribution in [0.5, 0.6) is 0 Å². The second kappa shape index (κ2) is 7.74. The number of ether oxygens (including phenoxy) is 1. The molecule has 0 bridgehead atoms. The van der Waals surface area contributed by atoms with Gasteiger partial charge in [0.1, 0.15) is 5.82 Å². The van der Waals surface area contributed by atoms with Gasteiger partial charge in [0.05, 0.1) is 6.61 Å². The van der Waals surface area contributed by atoms with Crippen molar-refractivity contribution in [2.45, 2.75) is 32.6 Å². The maximum atomic E-state index is 13.5. The van der Waals surface area contributed by atoms with Crippen LogP contribution in [0.3, 0.4) is 0 Å². The highest BCUT2D eigenvalue weighted by molar-refractivity contribution is 5.95. The first-order valence-electron chi connectivity index (χ1n) is 9.26. The van der Waals surface area contributed by atoms with Crippen molar-refractivity contribution in [3.63, 3.8) is 0 Å². The average Bonchev–Trinajstić information content (AvgIpc) is 2.65. The van der Waals surface area contributed by atoms with Gasteiger partial charge in [0.2, 0.25) is 5.91 Å². The molecule has 2 heterocycles. The maximum absolute atomic E-state index is 13.5. The van der Waals surface area contributed by atoms with E-state index in [0.29, 0.717) is 38.2 Å². The third-order valence-electron chi connectivity index (χ3n) is 5.85. The molecule has 26 heavy (non-hydrogen) atoms. The molecule has 2 aliphatic rings. The Morgan fingerprint density at radius 1 is 1.27 bits per heavy atom. The number of amides is 2. The number of likely N-dealkylation sites (tertiary alicyclic amines) is 2. The van der Waals surface area contributed by atoms with Crippen LogP contribution in [0.1, 0.15) is 41.6 Å². The summed E-state index contributed by atoms with van der Waals surface area (Å²) < 4.78 is 18.6. The number of carbonyl (C=O) groups is 2. The SMILES string of the molecule is COCCN1CC2(CCC1=O)CCN(C(=O)c1cc(F)ccc1C)CC2. The Hall–Kier alpha value is -1.95. The standard InChI is InChI=1S/C20H27FN2O3/c1-15-3-4-16(21)13-17(15)19(25)22-9-7-20(8-10-22)6-5-18(24)23(14-20)11-12-26-2/h3-4,13H,5-12,14H2,1-2H3. The van der Waals surface area contributed by atoms with Crippen molar-refractivity contribution in [1.29, 1.82) is 0 Å². The summed E-state index contributed by atoms with van der Waals surface area (Å²) >= 11 is 0. The van der Waals surface area contributed by atoms with Crippen molar-refractivity contribution in [2.24, 2.45) is 5.41 Å². The minimum absolute atomic E-state index is 0.0927. The van der Waals surface area contributed by atoms with Crippen LogP contribution in [0.15, 0.2) is 18.2 Å². The molecule has 2 saturated heterocycles. The van der Waals surface area contributed by atoms with Crippen LogP contribution in [0.4, 0.5) is 4.39 Å². The molecule has 6 heteroatoms. The Morgan fingerprint density at radius 2 is 2.00 bits per heavy atom. The molecule has 142 valence electrons. The lowest BCUT2D eigenvalue weighted by molar-refractivity contribution is -0.139. The molecule has 2 fully saturated rings. The van der Waals surface area contributed by atoms with E-state index in [1.807, 2.05) is 16.7 Å². The molecule has 0 aliphatic carbocycles. The molecule has 0 aromatic heterocycles. The molecule has 1 aromatic rings. The Morgan fingerprint density at radius 3 is 2.69 bits per heavy atom. The summed E-state index contributed by atoms with van der Waals surface area (Å²) in [5.41, 5.74) is 1.34. The summed E-state index contributed by atoms with van der Waals surface area (Å²) in [7, 11) is 1.64. The van der Waals surface area contributed by atoms with Gasteiger partial charge in [0, 0.05) is 45.3 Å². The summed E-state index contributed by atoms with van der Waals surface area (Å²) in [6.45, 7) is 5.06. The smallest absolute Gasteiger partial charge is 0.254 e. The number of piperidine rings is 2. The van der Waals surface area contributed by atoms with Crippen LogP contribution >= 0.6 is 0 Å². The highest BCUT2D eigenvalue weighted by Gasteiger charge is 2.41. The second-order valence-electron chi connectivity index (χ2n) is 7.56. The van der Waals surface area contributed by atoms with Crippen molar-refractivity contribution < 1.29 is 18.7 Å². The minimum Gasteiger partial charge on any atom is -0.383 e. The number of nitrogens with zero attached hydrogens (tertiary/aromatic N) is 2. The van der Waals surface area contributed by atoms with Crippen molar-refractivity contribution in [3.8, 4) is 0 Å². The number of rotatable bonds is 4. The van der Waals surface area contributed by atoms with E-state index in [1.165, 1.54) is 12.1 Å². The van der Waals surface area contributed by atoms with E-state index >= 15 is 0 Å². The van der Waals surface area contributed by atoms with Gasteiger partial charge in [-0.3, -0.25) is 9.59 Å². The highest BCUT2D eigenvalue weighted by Crippen LogP contribution is 2.40. The number of benzene rings is 1. The Kier molecular flexibility index (Phi) is 5.61. The van der Waals surface area contributed by atoms with Gasteiger partial charge in [0.25, 0.3) is 5.91 Å². The number of carbonyl (C=O) groups excluding carboxylic acids is 2. The minimum atomic E-state index is -0.382. The summed E-state index contributed by atoms with van der Waals surface area (Å²) in [6, 6.07) is 4.35. The molecular formula is C20H27FN2O3. The number of methoxy groups -OCH3 is 1. The fraction of sp³-hybridized carbons (Fsp3) is 0.600. The lowest BCUT2D eigenvalue weighted by Crippen LogP contribution is -2.53. The summed E-state index contributed by atoms with van der Waals surface area (Å²) in [6.07, 6.45) is 3.21. The zero-order valence-electron chi connectivity index (χ0n) is 15.6. The third-order valence-corrected chi connectivity index (χ3v) is 5.85. The number of aryl methyl sites for hydroxylation is 1. The molecule has 5 nitrogen and oxygen atoms in total. The highest BCUT2D eigenvalue weighted by atomic mass is 19.1. The molecule has 1 aromatic carbocycles. The van der Waals surface area contributed by atoms with Crippen LogP contribution in [0.25, 0.3) is 0 Å². The first kappa shape index (κ1) is 18.8. The van der Waals surface area contributed by atoms with Gasteiger partial charge in [-0.25, -0.2) is 4.39 Å². The second-order valence-corrected chi connectivity index (χ2v) is 7.56. The average molecular weight is 362 g/mol. The van der Waals surface area contributed by atoms with Crippen molar-refractivity contribution in [3.05, 3.63) is 35.1 Å². The molecule has 0 unspecified atom stereocenters. The van der Waals surface area contributed by atoms with E-state index in [1.54, 1.807) is 13.2 Å². The number of halogens is 1. The van der Waals surface area contributed by atoms with Crippen LogP contribution in [0.2, 0.25) is 0 Å². The third kappa shape index (κ3) is 3.90. The lowest BCUT2D eigenvalue weighted by atomic mass is 9.72. The van der Waals surface area contributed by atoms with Crippen molar-refractivity contribution in [1.82, 2.24) is 9.80 Å². The van der Waals surface area contributed by atoms with Gasteiger partial charge in [-0.05, 0) is 49.3 Å². The van der Waals surface area contributed by atoms with Gasteiger partial charge in [-0.2, -0.15) is 0 Å². The van der Waals surface area contributed by atoms with E-state index in [-0.39, 0.29) is 23.0 Å². The number of hydrogen-bond donors (Lipinski definition) is 0. The summed E-state index contributed by atoms with van der Waals surface area (Å²) in [5, 5.41) is 0. The monoisotopic (exact) mass is 362 g/mol. The van der Waals surface area contributed by atoms with E-state index < -0.39 is 0 Å². The topological polar surface area (TPSA) is 49.9 Å². The van der Waals surface area contributed by atoms with Crippen molar-refractivity contribution >= 4 is 11.8 Å². The van der Waals surface area contributed by atoms with Crippen LogP contribution in [-0.2, 0) is 9.53 Å². The van der Waals surface area contributed by atoms with E-state index in [4.69, 9.17) is 4.74 Å². The van der Waals surface area contributed by atoms with Crippen LogP contribution in [0, 0.1) is 18.2 Å². The maximum Gasteiger partial charge on any atom is 0.254 e. The predicted octanol–water partition coefficient (Wildman–Crippen LogP) is 2.63. The molecular weight excluding hydrogens is 335 g/mol. The Balaban J connectivity index is 1.64. The van der Waals surface area contributed by atoms with Gasteiger partial charge in [0.15, 0.2) is 0 Å². The van der Waals surface area contributed by atoms with Gasteiger partial charge in [-0.15, -0.1) is 0 Å². The quantitative estimate of drug-likeness (QED) is 0.827. The van der Waals surface area contributed by atoms with E-state index in [9.17, 15) is 14.0 Å². The fourth-order valence-electron chi connectivity index (χ4n) is 4.09. The molecule has 0 radical (unpaired) electrons.